The predicted octanol–water partition coefficient (Wildman–Crippen LogP) is 2.28. The van der Waals surface area contributed by atoms with Crippen LogP contribution in [0.3, 0.4) is 0 Å². The fraction of sp³-hybridized carbons (Fsp3) is 0.619. The summed E-state index contributed by atoms with van der Waals surface area (Å²) in [6, 6.07) is 2.38. The second-order valence-electron chi connectivity index (χ2n) is 8.63. The fourth-order valence-electron chi connectivity index (χ4n) is 4.28. The summed E-state index contributed by atoms with van der Waals surface area (Å²) < 4.78 is 1.78. The SMILES string of the molecule is Cc1nn(C)c2nc(C3CC3)cc(C(=O)N3CCC(C(=O)NC4CC4)CC3)c12. The number of aromatic nitrogens is 3. The molecular weight excluding hydrogens is 354 g/mol. The Balaban J connectivity index is 1.38. The molecule has 2 aliphatic carbocycles. The van der Waals surface area contributed by atoms with E-state index in [-0.39, 0.29) is 17.7 Å². The molecule has 1 aliphatic heterocycles. The number of likely N-dealkylation sites (tertiary alicyclic amines) is 1. The van der Waals surface area contributed by atoms with Crippen LogP contribution in [0.2, 0.25) is 0 Å². The molecule has 2 aromatic heterocycles. The van der Waals surface area contributed by atoms with Crippen LogP contribution in [0.4, 0.5) is 0 Å². The first-order chi connectivity index (χ1) is 13.5. The van der Waals surface area contributed by atoms with Gasteiger partial charge in [0.2, 0.25) is 5.91 Å². The fourth-order valence-corrected chi connectivity index (χ4v) is 4.28. The van der Waals surface area contributed by atoms with Crippen LogP contribution in [0.5, 0.6) is 0 Å². The average Bonchev–Trinajstić information content (AvgIpc) is 3.61. The summed E-state index contributed by atoms with van der Waals surface area (Å²) in [5.74, 6) is 0.721. The monoisotopic (exact) mass is 381 g/mol. The number of hydrogen-bond acceptors (Lipinski definition) is 4. The van der Waals surface area contributed by atoms with Gasteiger partial charge in [0.25, 0.3) is 5.91 Å². The van der Waals surface area contributed by atoms with Crippen LogP contribution in [-0.4, -0.2) is 50.6 Å². The molecule has 3 fully saturated rings. The third-order valence-corrected chi connectivity index (χ3v) is 6.29. The van der Waals surface area contributed by atoms with Crippen LogP contribution in [0.15, 0.2) is 6.07 Å². The van der Waals surface area contributed by atoms with Gasteiger partial charge < -0.3 is 10.2 Å². The van der Waals surface area contributed by atoms with E-state index in [1.807, 2.05) is 24.9 Å². The first-order valence-corrected chi connectivity index (χ1v) is 10.4. The molecular formula is C21H27N5O2. The van der Waals surface area contributed by atoms with E-state index in [0.717, 1.165) is 66.5 Å². The van der Waals surface area contributed by atoms with Gasteiger partial charge in [-0.25, -0.2) is 4.98 Å². The molecule has 1 N–H and O–H groups in total. The summed E-state index contributed by atoms with van der Waals surface area (Å²) >= 11 is 0. The lowest BCUT2D eigenvalue weighted by Gasteiger charge is -2.31. The molecule has 0 aromatic carbocycles. The normalized spacial score (nSPS) is 20.6. The number of aryl methyl sites for hydroxylation is 2. The second kappa shape index (κ2) is 6.57. The van der Waals surface area contributed by atoms with Crippen LogP contribution in [-0.2, 0) is 11.8 Å². The van der Waals surface area contributed by atoms with E-state index < -0.39 is 0 Å². The molecule has 28 heavy (non-hydrogen) atoms. The number of hydrogen-bond donors (Lipinski definition) is 1. The average molecular weight is 381 g/mol. The topological polar surface area (TPSA) is 80.1 Å². The number of carbonyl (C=O) groups is 2. The number of fused-ring (bicyclic) bond motifs is 1. The van der Waals surface area contributed by atoms with Crippen molar-refractivity contribution in [1.29, 1.82) is 0 Å². The van der Waals surface area contributed by atoms with E-state index in [1.165, 1.54) is 0 Å². The van der Waals surface area contributed by atoms with Gasteiger partial charge in [-0.05, 0) is 51.5 Å². The number of nitrogens with one attached hydrogen (secondary N) is 1. The summed E-state index contributed by atoms with van der Waals surface area (Å²) in [6.07, 6.45) is 5.97. The van der Waals surface area contributed by atoms with Gasteiger partial charge in [-0.3, -0.25) is 14.3 Å². The molecule has 7 nitrogen and oxygen atoms in total. The number of amides is 2. The highest BCUT2D eigenvalue weighted by Gasteiger charge is 2.33. The summed E-state index contributed by atoms with van der Waals surface area (Å²) in [4.78, 5) is 32.4. The van der Waals surface area contributed by atoms with Gasteiger partial charge in [0.05, 0.1) is 16.6 Å². The van der Waals surface area contributed by atoms with Crippen LogP contribution < -0.4 is 5.32 Å². The molecule has 0 atom stereocenters. The Labute approximate surface area is 164 Å². The van der Waals surface area contributed by atoms with Gasteiger partial charge in [0, 0.05) is 43.7 Å². The van der Waals surface area contributed by atoms with Crippen molar-refractivity contribution in [1.82, 2.24) is 25.0 Å². The summed E-state index contributed by atoms with van der Waals surface area (Å²) in [7, 11) is 1.89. The maximum absolute atomic E-state index is 13.4. The Hall–Kier alpha value is -2.44. The highest BCUT2D eigenvalue weighted by Crippen LogP contribution is 2.40. The molecule has 2 saturated carbocycles. The smallest absolute Gasteiger partial charge is 0.254 e. The molecule has 0 spiro atoms. The Morgan fingerprint density at radius 1 is 1.11 bits per heavy atom. The zero-order valence-corrected chi connectivity index (χ0v) is 16.6. The number of pyridine rings is 1. The van der Waals surface area contributed by atoms with Crippen LogP contribution in [0.1, 0.15) is 66.2 Å². The number of piperidine rings is 1. The van der Waals surface area contributed by atoms with Crippen LogP contribution >= 0.6 is 0 Å². The third-order valence-electron chi connectivity index (χ3n) is 6.29. The van der Waals surface area contributed by atoms with Crippen molar-refractivity contribution < 1.29 is 9.59 Å². The number of carbonyl (C=O) groups excluding carboxylic acids is 2. The molecule has 2 aromatic rings. The van der Waals surface area contributed by atoms with Crippen LogP contribution in [0.25, 0.3) is 11.0 Å². The van der Waals surface area contributed by atoms with Crippen molar-refractivity contribution >= 4 is 22.8 Å². The van der Waals surface area contributed by atoms with Crippen molar-refractivity contribution in [2.45, 2.75) is 57.4 Å². The molecule has 7 heteroatoms. The van der Waals surface area contributed by atoms with Gasteiger partial charge in [-0.15, -0.1) is 0 Å². The second-order valence-corrected chi connectivity index (χ2v) is 8.63. The van der Waals surface area contributed by atoms with E-state index in [4.69, 9.17) is 4.98 Å². The van der Waals surface area contributed by atoms with Gasteiger partial charge >= 0.3 is 0 Å². The quantitative estimate of drug-likeness (QED) is 0.881. The standard InChI is InChI=1S/C21H27N5O2/c1-12-18-16(11-17(13-3-4-13)23-19(18)25(2)24-12)21(28)26-9-7-14(8-10-26)20(27)22-15-5-6-15/h11,13-15H,3-10H2,1-2H3,(H,22,27). The minimum Gasteiger partial charge on any atom is -0.353 e. The van der Waals surface area contributed by atoms with E-state index in [9.17, 15) is 9.59 Å². The molecule has 3 heterocycles. The maximum atomic E-state index is 13.4. The largest absolute Gasteiger partial charge is 0.353 e. The van der Waals surface area contributed by atoms with E-state index in [1.54, 1.807) is 4.68 Å². The molecule has 0 radical (unpaired) electrons. The summed E-state index contributed by atoms with van der Waals surface area (Å²) in [6.45, 7) is 3.19. The first kappa shape index (κ1) is 17.6. The van der Waals surface area contributed by atoms with Gasteiger partial charge in [0.1, 0.15) is 0 Å². The number of nitrogens with zero attached hydrogens (tertiary/aromatic N) is 4. The molecule has 1 saturated heterocycles. The molecule has 0 unspecified atom stereocenters. The van der Waals surface area contributed by atoms with Crippen LogP contribution in [0, 0.1) is 12.8 Å². The predicted molar refractivity (Wildman–Crippen MR) is 105 cm³/mol. The lowest BCUT2D eigenvalue weighted by molar-refractivity contribution is -0.126. The van der Waals surface area contributed by atoms with Crippen molar-refractivity contribution in [3.63, 3.8) is 0 Å². The maximum Gasteiger partial charge on any atom is 0.254 e. The Morgan fingerprint density at radius 3 is 2.46 bits per heavy atom. The highest BCUT2D eigenvalue weighted by molar-refractivity contribution is 6.06. The van der Waals surface area contributed by atoms with E-state index in [2.05, 4.69) is 10.4 Å². The first-order valence-electron chi connectivity index (χ1n) is 10.4. The van der Waals surface area contributed by atoms with Gasteiger partial charge in [-0.1, -0.05) is 0 Å². The molecule has 3 aliphatic rings. The third kappa shape index (κ3) is 3.16. The van der Waals surface area contributed by atoms with Gasteiger partial charge in [0.15, 0.2) is 5.65 Å². The minimum absolute atomic E-state index is 0.0317. The number of rotatable bonds is 4. The Bertz CT molecular complexity index is 949. The lowest BCUT2D eigenvalue weighted by Crippen LogP contribution is -2.43. The molecule has 0 bridgehead atoms. The molecule has 2 amide bonds. The van der Waals surface area contributed by atoms with Crippen molar-refractivity contribution in [3.8, 4) is 0 Å². The molecule has 148 valence electrons. The lowest BCUT2D eigenvalue weighted by atomic mass is 9.95. The highest BCUT2D eigenvalue weighted by atomic mass is 16.2. The van der Waals surface area contributed by atoms with Crippen molar-refractivity contribution in [2.24, 2.45) is 13.0 Å². The van der Waals surface area contributed by atoms with E-state index >= 15 is 0 Å². The zero-order chi connectivity index (χ0) is 19.4. The van der Waals surface area contributed by atoms with E-state index in [0.29, 0.717) is 25.0 Å². The molecule has 5 rings (SSSR count). The van der Waals surface area contributed by atoms with Crippen molar-refractivity contribution in [3.05, 3.63) is 23.0 Å². The van der Waals surface area contributed by atoms with Gasteiger partial charge in [-0.2, -0.15) is 5.10 Å². The Kier molecular flexibility index (Phi) is 4.14. The Morgan fingerprint density at radius 2 is 1.82 bits per heavy atom. The van der Waals surface area contributed by atoms with Crippen molar-refractivity contribution in [2.75, 3.05) is 13.1 Å². The minimum atomic E-state index is 0.0317. The summed E-state index contributed by atoms with van der Waals surface area (Å²) in [5, 5.41) is 8.46. The zero-order valence-electron chi connectivity index (χ0n) is 16.6. The summed E-state index contributed by atoms with van der Waals surface area (Å²) in [5.41, 5.74) is 3.37.